The van der Waals surface area contributed by atoms with Gasteiger partial charge in [-0.2, -0.15) is 5.26 Å². The highest BCUT2D eigenvalue weighted by atomic mass is 35.5. The van der Waals surface area contributed by atoms with E-state index in [1.807, 2.05) is 36.6 Å². The van der Waals surface area contributed by atoms with Gasteiger partial charge in [-0.05, 0) is 36.1 Å². The van der Waals surface area contributed by atoms with Crippen molar-refractivity contribution in [1.82, 2.24) is 14.6 Å². The molecule has 0 bridgehead atoms. The smallest absolute Gasteiger partial charge is 0.273 e. The lowest BCUT2D eigenvalue weighted by Crippen LogP contribution is -2.59. The molecular weight excluding hydrogens is 469 g/mol. The van der Waals surface area contributed by atoms with E-state index in [1.165, 1.54) is 16.6 Å². The van der Waals surface area contributed by atoms with Crippen molar-refractivity contribution in [3.63, 3.8) is 0 Å². The van der Waals surface area contributed by atoms with Crippen LogP contribution in [0.2, 0.25) is 5.02 Å². The van der Waals surface area contributed by atoms with Crippen molar-refractivity contribution in [3.05, 3.63) is 75.0 Å². The van der Waals surface area contributed by atoms with Gasteiger partial charge in [-0.25, -0.2) is 9.99 Å². The number of nitrogens with zero attached hydrogens (tertiary/aromatic N) is 4. The van der Waals surface area contributed by atoms with E-state index in [1.54, 1.807) is 36.0 Å². The summed E-state index contributed by atoms with van der Waals surface area (Å²) in [6.07, 6.45) is 1.98. The molecule has 0 aliphatic carbocycles. The maximum atomic E-state index is 12.8. The summed E-state index contributed by atoms with van der Waals surface area (Å²) in [4.78, 5) is 30.9. The number of nitriles is 1. The first-order valence-corrected chi connectivity index (χ1v) is 11.5. The largest absolute Gasteiger partial charge is 0.279 e. The van der Waals surface area contributed by atoms with Crippen LogP contribution in [0.4, 0.5) is 5.95 Å². The molecule has 1 fully saturated rings. The van der Waals surface area contributed by atoms with Gasteiger partial charge < -0.3 is 0 Å². The lowest BCUT2D eigenvalue weighted by molar-refractivity contribution is -0.143. The molecule has 1 aliphatic rings. The van der Waals surface area contributed by atoms with Gasteiger partial charge in [0.25, 0.3) is 11.5 Å². The summed E-state index contributed by atoms with van der Waals surface area (Å²) in [6.45, 7) is 0. The highest BCUT2D eigenvalue weighted by molar-refractivity contribution is 7.98. The summed E-state index contributed by atoms with van der Waals surface area (Å²) < 4.78 is 1.20. The Morgan fingerprint density at radius 3 is 2.38 bits per heavy atom. The molecule has 4 rings (SSSR count). The van der Waals surface area contributed by atoms with E-state index in [9.17, 15) is 14.9 Å². The number of aromatic nitrogens is 2. The fourth-order valence-electron chi connectivity index (χ4n) is 3.42. The molecule has 7 nitrogen and oxygen atoms in total. The number of rotatable bonds is 5. The van der Waals surface area contributed by atoms with Crippen molar-refractivity contribution in [3.8, 4) is 17.3 Å². The molecule has 0 radical (unpaired) electrons. The maximum Gasteiger partial charge on any atom is 0.273 e. The van der Waals surface area contributed by atoms with Crippen LogP contribution in [0.3, 0.4) is 0 Å². The van der Waals surface area contributed by atoms with Crippen molar-refractivity contribution in [2.45, 2.75) is 16.3 Å². The minimum atomic E-state index is -0.742. The molecular formula is C22H17Cl2N5O2S. The molecule has 10 heteroatoms. The summed E-state index contributed by atoms with van der Waals surface area (Å²) in [5, 5.41) is 10.7. The lowest BCUT2D eigenvalue weighted by atomic mass is 9.95. The van der Waals surface area contributed by atoms with Crippen molar-refractivity contribution in [2.75, 3.05) is 11.7 Å². The Balaban J connectivity index is 1.73. The van der Waals surface area contributed by atoms with Crippen LogP contribution in [0.25, 0.3) is 11.3 Å². The number of amides is 1. The van der Waals surface area contributed by atoms with Crippen LogP contribution >= 0.6 is 35.0 Å². The number of carbonyl (C=O) groups excluding carboxylic acids is 1. The number of β-lactam (4-membered cyclic amide) rings is 1. The monoisotopic (exact) mass is 485 g/mol. The predicted molar refractivity (Wildman–Crippen MR) is 126 cm³/mol. The second-order valence-corrected chi connectivity index (χ2v) is 8.87. The number of carbonyl (C=O) groups is 1. The summed E-state index contributed by atoms with van der Waals surface area (Å²) in [5.74, 6) is -0.223. The fraction of sp³-hybridized carbons (Fsp3) is 0.182. The Morgan fingerprint density at radius 2 is 1.78 bits per heavy atom. The molecule has 32 heavy (non-hydrogen) atoms. The van der Waals surface area contributed by atoms with Gasteiger partial charge >= 0.3 is 0 Å². The fourth-order valence-corrected chi connectivity index (χ4v) is 4.32. The minimum absolute atomic E-state index is 0.102. The molecule has 162 valence electrons. The number of halogens is 2. The summed E-state index contributed by atoms with van der Waals surface area (Å²) in [6, 6.07) is 15.9. The van der Waals surface area contributed by atoms with E-state index >= 15 is 0 Å². The topological polar surface area (TPSA) is 91.0 Å². The molecule has 2 unspecified atom stereocenters. The van der Waals surface area contributed by atoms with Crippen LogP contribution in [0.15, 0.2) is 58.2 Å². The minimum Gasteiger partial charge on any atom is -0.279 e. The highest BCUT2D eigenvalue weighted by Gasteiger charge is 2.48. The normalized spacial score (nSPS) is 17.6. The van der Waals surface area contributed by atoms with Crippen LogP contribution in [0.1, 0.15) is 17.2 Å². The Hall–Kier alpha value is -2.99. The first kappa shape index (κ1) is 22.2. The third kappa shape index (κ3) is 3.84. The molecule has 1 N–H and O–H groups in total. The standard InChI is InChI=1S/C22H17Cl2N5O2S/c1-28-20(30)16(11-25)18(12-3-7-14(23)8-4-12)26-22(28)27-29-19(17(24)21(29)31)13-5-9-15(32-2)10-6-13/h3-10,17,19H,1-2H3,(H,26,27). The molecule has 1 aliphatic heterocycles. The average Bonchev–Trinajstić information content (AvgIpc) is 2.82. The van der Waals surface area contributed by atoms with E-state index in [4.69, 9.17) is 23.2 Å². The third-order valence-corrected chi connectivity index (χ3v) is 6.65. The van der Waals surface area contributed by atoms with Gasteiger partial charge in [-0.3, -0.25) is 19.6 Å². The zero-order chi connectivity index (χ0) is 23.0. The van der Waals surface area contributed by atoms with E-state index < -0.39 is 17.0 Å². The molecule has 1 saturated heterocycles. The predicted octanol–water partition coefficient (Wildman–Crippen LogP) is 4.21. The number of nitrogens with one attached hydrogen (secondary N) is 1. The second kappa shape index (κ2) is 8.87. The van der Waals surface area contributed by atoms with E-state index in [2.05, 4.69) is 10.4 Å². The van der Waals surface area contributed by atoms with Crippen LogP contribution in [0, 0.1) is 11.3 Å². The van der Waals surface area contributed by atoms with Crippen LogP contribution in [-0.2, 0) is 11.8 Å². The molecule has 0 spiro atoms. The van der Waals surface area contributed by atoms with Gasteiger partial charge in [-0.15, -0.1) is 23.4 Å². The van der Waals surface area contributed by atoms with Crippen LogP contribution < -0.4 is 11.0 Å². The molecule has 2 heterocycles. The number of hydrogen-bond donors (Lipinski definition) is 1. The van der Waals surface area contributed by atoms with Gasteiger partial charge in [0.15, 0.2) is 0 Å². The number of thioether (sulfide) groups is 1. The molecule has 1 amide bonds. The first-order chi connectivity index (χ1) is 15.3. The SMILES string of the molecule is CSc1ccc(C2C(Cl)C(=O)N2Nc2nc(-c3ccc(Cl)cc3)c(C#N)c(=O)n2C)cc1. The van der Waals surface area contributed by atoms with Crippen molar-refractivity contribution >= 4 is 46.8 Å². The van der Waals surface area contributed by atoms with Crippen molar-refractivity contribution < 1.29 is 4.79 Å². The van der Waals surface area contributed by atoms with Crippen LogP contribution in [0.5, 0.6) is 0 Å². The van der Waals surface area contributed by atoms with E-state index in [0.717, 1.165) is 10.5 Å². The Morgan fingerprint density at radius 1 is 1.12 bits per heavy atom. The number of hydrazine groups is 1. The van der Waals surface area contributed by atoms with Gasteiger partial charge in [-0.1, -0.05) is 35.9 Å². The highest BCUT2D eigenvalue weighted by Crippen LogP contribution is 2.39. The average molecular weight is 486 g/mol. The van der Waals surface area contributed by atoms with Crippen LogP contribution in [-0.4, -0.2) is 32.1 Å². The second-order valence-electron chi connectivity index (χ2n) is 7.08. The number of alkyl halides is 1. The molecule has 2 aromatic carbocycles. The zero-order valence-corrected chi connectivity index (χ0v) is 19.4. The first-order valence-electron chi connectivity index (χ1n) is 9.50. The van der Waals surface area contributed by atoms with Gasteiger partial charge in [0.1, 0.15) is 23.1 Å². The van der Waals surface area contributed by atoms with Crippen molar-refractivity contribution in [2.24, 2.45) is 7.05 Å². The zero-order valence-electron chi connectivity index (χ0n) is 17.0. The number of anilines is 1. The molecule has 3 aromatic rings. The Labute approximate surface area is 198 Å². The number of hydrogen-bond acceptors (Lipinski definition) is 6. The van der Waals surface area contributed by atoms with E-state index in [-0.39, 0.29) is 23.1 Å². The van der Waals surface area contributed by atoms with Crippen molar-refractivity contribution in [1.29, 1.82) is 5.26 Å². The van der Waals surface area contributed by atoms with Gasteiger partial charge in [0, 0.05) is 22.5 Å². The number of benzene rings is 2. The van der Waals surface area contributed by atoms with Gasteiger partial charge in [0.05, 0.1) is 5.69 Å². The summed E-state index contributed by atoms with van der Waals surface area (Å²) >= 11 is 13.9. The summed E-state index contributed by atoms with van der Waals surface area (Å²) in [7, 11) is 1.48. The van der Waals surface area contributed by atoms with E-state index in [0.29, 0.717) is 10.6 Å². The Kier molecular flexibility index (Phi) is 6.15. The molecule has 2 atom stereocenters. The quantitative estimate of drug-likeness (QED) is 0.330. The molecule has 0 saturated carbocycles. The third-order valence-electron chi connectivity index (χ3n) is 5.23. The lowest BCUT2D eigenvalue weighted by Gasteiger charge is -2.44. The Bertz CT molecular complexity index is 1290. The van der Waals surface area contributed by atoms with Gasteiger partial charge in [0.2, 0.25) is 5.95 Å². The molecule has 1 aromatic heterocycles. The summed E-state index contributed by atoms with van der Waals surface area (Å²) in [5.41, 5.74) is 3.90. The maximum absolute atomic E-state index is 12.8.